The Morgan fingerprint density at radius 3 is 2.30 bits per heavy atom. The van der Waals surface area contributed by atoms with Crippen molar-refractivity contribution < 1.29 is 19.1 Å². The first-order chi connectivity index (χ1) is 14.6. The number of carbonyl (C=O) groups excluding carboxylic acids is 2. The zero-order chi connectivity index (χ0) is 21.3. The molecule has 0 bridgehead atoms. The number of carbonyl (C=O) groups is 2. The highest BCUT2D eigenvalue weighted by atomic mass is 35.5. The molecule has 0 saturated carbocycles. The van der Waals surface area contributed by atoms with Gasteiger partial charge in [-0.2, -0.15) is 0 Å². The van der Waals surface area contributed by atoms with Crippen LogP contribution in [0.5, 0.6) is 5.75 Å². The number of unbranched alkanes of at least 4 members (excludes halogenated alkanes) is 1. The Hall–Kier alpha value is -3.11. The predicted octanol–water partition coefficient (Wildman–Crippen LogP) is 6.23. The van der Waals surface area contributed by atoms with Crippen molar-refractivity contribution in [3.05, 3.63) is 88.9 Å². The van der Waals surface area contributed by atoms with Gasteiger partial charge in [-0.25, -0.2) is 4.79 Å². The highest BCUT2D eigenvalue weighted by Gasteiger charge is 2.17. The lowest BCUT2D eigenvalue weighted by Crippen LogP contribution is -2.15. The van der Waals surface area contributed by atoms with Crippen molar-refractivity contribution in [2.45, 2.75) is 19.8 Å². The normalized spacial score (nSPS) is 10.5. The van der Waals surface area contributed by atoms with E-state index in [4.69, 9.17) is 21.1 Å². The number of Topliss-reactive ketones (excluding diaryl/α,β-unsaturated/α-hetero) is 1. The summed E-state index contributed by atoms with van der Waals surface area (Å²) in [5, 5.41) is 0.396. The molecule has 154 valence electrons. The topological polar surface area (TPSA) is 52.6 Å². The van der Waals surface area contributed by atoms with Crippen LogP contribution in [-0.4, -0.2) is 25.0 Å². The molecule has 30 heavy (non-hydrogen) atoms. The van der Waals surface area contributed by atoms with Gasteiger partial charge in [0.2, 0.25) is 0 Å². The Labute approximate surface area is 181 Å². The first-order valence-corrected chi connectivity index (χ1v) is 10.2. The van der Waals surface area contributed by atoms with Crippen molar-refractivity contribution in [3.8, 4) is 16.9 Å². The molecule has 0 heterocycles. The summed E-state index contributed by atoms with van der Waals surface area (Å²) in [6.45, 7) is 2.19. The van der Waals surface area contributed by atoms with Gasteiger partial charge in [0.15, 0.2) is 12.4 Å². The first-order valence-electron chi connectivity index (χ1n) is 9.86. The standard InChI is InChI=1S/C25H23ClO4/c1-2-3-15-29-24-14-13-21(26)16-22(24)25(28)30-17-23(27)20-11-9-19(10-12-20)18-7-5-4-6-8-18/h4-14,16H,2-3,15,17H2,1H3. The van der Waals surface area contributed by atoms with E-state index in [2.05, 4.69) is 6.92 Å². The van der Waals surface area contributed by atoms with Crippen LogP contribution >= 0.6 is 11.6 Å². The number of ether oxygens (including phenoxy) is 2. The van der Waals surface area contributed by atoms with Crippen LogP contribution in [0.25, 0.3) is 11.1 Å². The van der Waals surface area contributed by atoms with Crippen molar-refractivity contribution in [3.63, 3.8) is 0 Å². The molecule has 0 amide bonds. The van der Waals surface area contributed by atoms with Crippen molar-refractivity contribution in [2.75, 3.05) is 13.2 Å². The Morgan fingerprint density at radius 1 is 0.900 bits per heavy atom. The van der Waals surface area contributed by atoms with Gasteiger partial charge >= 0.3 is 5.97 Å². The fraction of sp³-hybridized carbons (Fsp3) is 0.200. The lowest BCUT2D eigenvalue weighted by molar-refractivity contribution is 0.0470. The van der Waals surface area contributed by atoms with Gasteiger partial charge in [-0.15, -0.1) is 0 Å². The van der Waals surface area contributed by atoms with E-state index in [0.29, 0.717) is 22.9 Å². The van der Waals surface area contributed by atoms with Gasteiger partial charge in [-0.1, -0.05) is 79.5 Å². The van der Waals surface area contributed by atoms with Gasteiger partial charge in [0.25, 0.3) is 0 Å². The summed E-state index contributed by atoms with van der Waals surface area (Å²) in [5.74, 6) is -0.519. The minimum atomic E-state index is -0.641. The maximum Gasteiger partial charge on any atom is 0.342 e. The van der Waals surface area contributed by atoms with Crippen molar-refractivity contribution in [1.29, 1.82) is 0 Å². The van der Waals surface area contributed by atoms with Crippen molar-refractivity contribution >= 4 is 23.4 Å². The molecule has 0 radical (unpaired) electrons. The van der Waals surface area contributed by atoms with Crippen LogP contribution in [-0.2, 0) is 4.74 Å². The summed E-state index contributed by atoms with van der Waals surface area (Å²) >= 11 is 6.02. The molecule has 0 aliphatic rings. The number of rotatable bonds is 9. The molecule has 0 N–H and O–H groups in total. The second kappa shape index (κ2) is 10.6. The van der Waals surface area contributed by atoms with E-state index in [9.17, 15) is 9.59 Å². The largest absolute Gasteiger partial charge is 0.493 e. The van der Waals surface area contributed by atoms with E-state index in [1.807, 2.05) is 42.5 Å². The summed E-state index contributed by atoms with van der Waals surface area (Å²) in [4.78, 5) is 25.0. The van der Waals surface area contributed by atoms with Gasteiger partial charge in [0.05, 0.1) is 6.61 Å². The molecule has 0 aromatic heterocycles. The van der Waals surface area contributed by atoms with E-state index in [0.717, 1.165) is 24.0 Å². The van der Waals surface area contributed by atoms with E-state index in [1.165, 1.54) is 6.07 Å². The van der Waals surface area contributed by atoms with Crippen molar-refractivity contribution in [1.82, 2.24) is 0 Å². The summed E-state index contributed by atoms with van der Waals surface area (Å²) in [7, 11) is 0. The number of esters is 1. The minimum absolute atomic E-state index is 0.214. The van der Waals surface area contributed by atoms with E-state index >= 15 is 0 Å². The molecule has 3 rings (SSSR count). The first kappa shape index (κ1) is 21.6. The van der Waals surface area contributed by atoms with Crippen LogP contribution in [0, 0.1) is 0 Å². The van der Waals surface area contributed by atoms with Gasteiger partial charge in [0.1, 0.15) is 11.3 Å². The number of hydrogen-bond acceptors (Lipinski definition) is 4. The van der Waals surface area contributed by atoms with Gasteiger partial charge in [-0.05, 0) is 35.7 Å². The molecule has 0 aliphatic heterocycles. The van der Waals surface area contributed by atoms with Gasteiger partial charge < -0.3 is 9.47 Å². The zero-order valence-corrected chi connectivity index (χ0v) is 17.5. The lowest BCUT2D eigenvalue weighted by atomic mass is 10.0. The average molecular weight is 423 g/mol. The molecular formula is C25H23ClO4. The highest BCUT2D eigenvalue weighted by molar-refractivity contribution is 6.31. The third-order valence-corrected chi connectivity index (χ3v) is 4.80. The third kappa shape index (κ3) is 5.71. The lowest BCUT2D eigenvalue weighted by Gasteiger charge is -2.11. The number of ketones is 1. The summed E-state index contributed by atoms with van der Waals surface area (Å²) in [6.07, 6.45) is 1.85. The Morgan fingerprint density at radius 2 is 1.60 bits per heavy atom. The molecule has 5 heteroatoms. The Balaban J connectivity index is 1.63. The minimum Gasteiger partial charge on any atom is -0.493 e. The van der Waals surface area contributed by atoms with Crippen LogP contribution < -0.4 is 4.74 Å². The van der Waals surface area contributed by atoms with Crippen LogP contribution in [0.3, 0.4) is 0 Å². The Bertz CT molecular complexity index is 997. The van der Waals surface area contributed by atoms with E-state index < -0.39 is 5.97 Å². The molecule has 0 fully saturated rings. The second-order valence-electron chi connectivity index (χ2n) is 6.79. The van der Waals surface area contributed by atoms with Crippen LogP contribution in [0.15, 0.2) is 72.8 Å². The summed E-state index contributed by atoms with van der Waals surface area (Å²) in [5.41, 5.74) is 2.77. The van der Waals surface area contributed by atoms with Crippen molar-refractivity contribution in [2.24, 2.45) is 0 Å². The Kier molecular flexibility index (Phi) is 7.63. The fourth-order valence-corrected chi connectivity index (χ4v) is 3.06. The number of hydrogen-bond donors (Lipinski definition) is 0. The SMILES string of the molecule is CCCCOc1ccc(Cl)cc1C(=O)OCC(=O)c1ccc(-c2ccccc2)cc1. The smallest absolute Gasteiger partial charge is 0.342 e. The number of benzene rings is 3. The molecule has 0 unspecified atom stereocenters. The third-order valence-electron chi connectivity index (χ3n) is 4.57. The van der Waals surface area contributed by atoms with Crippen LogP contribution in [0.4, 0.5) is 0 Å². The average Bonchev–Trinajstić information content (AvgIpc) is 2.79. The quantitative estimate of drug-likeness (QED) is 0.233. The van der Waals surface area contributed by atoms with Gasteiger partial charge in [0, 0.05) is 10.6 Å². The maximum atomic E-state index is 12.5. The predicted molar refractivity (Wildman–Crippen MR) is 118 cm³/mol. The highest BCUT2D eigenvalue weighted by Crippen LogP contribution is 2.24. The summed E-state index contributed by atoms with van der Waals surface area (Å²) < 4.78 is 10.9. The monoisotopic (exact) mass is 422 g/mol. The zero-order valence-electron chi connectivity index (χ0n) is 16.8. The molecular weight excluding hydrogens is 400 g/mol. The molecule has 3 aromatic carbocycles. The maximum absolute atomic E-state index is 12.5. The molecule has 4 nitrogen and oxygen atoms in total. The molecule has 0 aliphatic carbocycles. The van der Waals surface area contributed by atoms with E-state index in [-0.39, 0.29) is 18.0 Å². The molecule has 0 atom stereocenters. The summed E-state index contributed by atoms with van der Waals surface area (Å²) in [6, 6.07) is 21.9. The van der Waals surface area contributed by atoms with Crippen LogP contribution in [0.1, 0.15) is 40.5 Å². The second-order valence-corrected chi connectivity index (χ2v) is 7.22. The van der Waals surface area contributed by atoms with E-state index in [1.54, 1.807) is 24.3 Å². The number of halogens is 1. The molecule has 0 saturated heterocycles. The van der Waals surface area contributed by atoms with Crippen LogP contribution in [0.2, 0.25) is 5.02 Å². The molecule has 0 spiro atoms. The fourth-order valence-electron chi connectivity index (χ4n) is 2.89. The van der Waals surface area contributed by atoms with Gasteiger partial charge in [-0.3, -0.25) is 4.79 Å². The molecule has 3 aromatic rings.